The van der Waals surface area contributed by atoms with Gasteiger partial charge >= 0.3 is 0 Å². The zero-order valence-electron chi connectivity index (χ0n) is 13.5. The molecule has 1 N–H and O–H groups in total. The number of ether oxygens (including phenoxy) is 3. The van der Waals surface area contributed by atoms with Gasteiger partial charge in [0.1, 0.15) is 0 Å². The number of hydrogen-bond acceptors (Lipinski definition) is 4. The molecule has 1 saturated carbocycles. The van der Waals surface area contributed by atoms with Gasteiger partial charge in [-0.15, -0.1) is 0 Å². The molecule has 0 aromatic carbocycles. The minimum absolute atomic E-state index is 0.358. The Morgan fingerprint density at radius 1 is 1.05 bits per heavy atom. The summed E-state index contributed by atoms with van der Waals surface area (Å²) in [7, 11) is 1.72. The predicted molar refractivity (Wildman–Crippen MR) is 82.1 cm³/mol. The predicted octanol–water partition coefficient (Wildman–Crippen LogP) is 2.61. The molecule has 4 nitrogen and oxygen atoms in total. The summed E-state index contributed by atoms with van der Waals surface area (Å²) in [6.07, 6.45) is 6.35. The molecule has 0 bridgehead atoms. The molecule has 0 aliphatic heterocycles. The van der Waals surface area contributed by atoms with Crippen LogP contribution >= 0.6 is 0 Å². The fourth-order valence-electron chi connectivity index (χ4n) is 2.93. The molecule has 3 atom stereocenters. The van der Waals surface area contributed by atoms with Gasteiger partial charge in [-0.05, 0) is 38.1 Å². The Morgan fingerprint density at radius 2 is 1.90 bits per heavy atom. The molecule has 0 spiro atoms. The summed E-state index contributed by atoms with van der Waals surface area (Å²) < 4.78 is 16.6. The molecule has 1 rings (SSSR count). The number of likely N-dealkylation sites (N-methyl/N-ethyl adjacent to an activating group) is 1. The maximum Gasteiger partial charge on any atom is 0.0731 e. The molecule has 3 unspecified atom stereocenters. The van der Waals surface area contributed by atoms with Crippen molar-refractivity contribution in [1.29, 1.82) is 0 Å². The summed E-state index contributed by atoms with van der Waals surface area (Å²) in [5, 5.41) is 3.57. The van der Waals surface area contributed by atoms with Crippen molar-refractivity contribution in [3.05, 3.63) is 0 Å². The average Bonchev–Trinajstić information content (AvgIpc) is 2.48. The van der Waals surface area contributed by atoms with E-state index in [1.165, 1.54) is 25.7 Å². The third-order valence-electron chi connectivity index (χ3n) is 4.14. The van der Waals surface area contributed by atoms with E-state index in [0.717, 1.165) is 32.1 Å². The van der Waals surface area contributed by atoms with E-state index >= 15 is 0 Å². The van der Waals surface area contributed by atoms with E-state index < -0.39 is 0 Å². The molecular formula is C16H33NO3. The summed E-state index contributed by atoms with van der Waals surface area (Å²) in [4.78, 5) is 0. The van der Waals surface area contributed by atoms with Crippen molar-refractivity contribution in [1.82, 2.24) is 5.32 Å². The van der Waals surface area contributed by atoms with E-state index in [1.807, 2.05) is 0 Å². The van der Waals surface area contributed by atoms with Gasteiger partial charge in [-0.2, -0.15) is 0 Å². The fraction of sp³-hybridized carbons (Fsp3) is 1.00. The number of nitrogens with one attached hydrogen (secondary N) is 1. The summed E-state index contributed by atoms with van der Waals surface area (Å²) in [6, 6.07) is 0.524. The van der Waals surface area contributed by atoms with Gasteiger partial charge in [0.15, 0.2) is 0 Å². The van der Waals surface area contributed by atoms with Crippen LogP contribution in [0.3, 0.4) is 0 Å². The van der Waals surface area contributed by atoms with Gasteiger partial charge in [0.2, 0.25) is 0 Å². The topological polar surface area (TPSA) is 39.7 Å². The minimum Gasteiger partial charge on any atom is -0.385 e. The third kappa shape index (κ3) is 7.02. The number of rotatable bonds is 11. The molecule has 4 heteroatoms. The monoisotopic (exact) mass is 287 g/mol. The van der Waals surface area contributed by atoms with Crippen molar-refractivity contribution < 1.29 is 14.2 Å². The first kappa shape index (κ1) is 17.9. The summed E-state index contributed by atoms with van der Waals surface area (Å²) >= 11 is 0. The van der Waals surface area contributed by atoms with Crippen molar-refractivity contribution in [2.75, 3.05) is 40.1 Å². The smallest absolute Gasteiger partial charge is 0.0731 e. The molecule has 0 amide bonds. The van der Waals surface area contributed by atoms with Crippen LogP contribution in [0.25, 0.3) is 0 Å². The van der Waals surface area contributed by atoms with Crippen LogP contribution in [-0.2, 0) is 14.2 Å². The molecule has 1 aliphatic rings. The molecule has 0 aromatic heterocycles. The fourth-order valence-corrected chi connectivity index (χ4v) is 2.93. The normalized spacial score (nSPS) is 26.9. The summed E-state index contributed by atoms with van der Waals surface area (Å²) in [5.74, 6) is 0.831. The Morgan fingerprint density at radius 3 is 2.60 bits per heavy atom. The Labute approximate surface area is 124 Å². The Bertz CT molecular complexity index is 226. The first-order chi connectivity index (χ1) is 9.81. The lowest BCUT2D eigenvalue weighted by Crippen LogP contribution is -2.45. The largest absolute Gasteiger partial charge is 0.385 e. The third-order valence-corrected chi connectivity index (χ3v) is 4.14. The first-order valence-corrected chi connectivity index (χ1v) is 8.23. The Hall–Kier alpha value is -0.160. The lowest BCUT2D eigenvalue weighted by Gasteiger charge is -2.36. The number of methoxy groups -OCH3 is 1. The van der Waals surface area contributed by atoms with Crippen LogP contribution < -0.4 is 5.32 Å². The van der Waals surface area contributed by atoms with Gasteiger partial charge in [0.25, 0.3) is 0 Å². The van der Waals surface area contributed by atoms with Crippen LogP contribution in [0.15, 0.2) is 0 Å². The molecule has 120 valence electrons. The first-order valence-electron chi connectivity index (χ1n) is 8.23. The zero-order valence-corrected chi connectivity index (χ0v) is 13.5. The van der Waals surface area contributed by atoms with Crippen molar-refractivity contribution in [2.45, 2.75) is 58.1 Å². The van der Waals surface area contributed by atoms with Crippen molar-refractivity contribution in [3.8, 4) is 0 Å². The van der Waals surface area contributed by atoms with Gasteiger partial charge in [0, 0.05) is 26.4 Å². The molecule has 20 heavy (non-hydrogen) atoms. The van der Waals surface area contributed by atoms with Crippen LogP contribution in [0.4, 0.5) is 0 Å². The highest BCUT2D eigenvalue weighted by atomic mass is 16.5. The van der Waals surface area contributed by atoms with Crippen molar-refractivity contribution in [2.24, 2.45) is 5.92 Å². The van der Waals surface area contributed by atoms with Crippen molar-refractivity contribution >= 4 is 0 Å². The molecule has 1 fully saturated rings. The minimum atomic E-state index is 0.358. The van der Waals surface area contributed by atoms with E-state index in [4.69, 9.17) is 14.2 Å². The highest BCUT2D eigenvalue weighted by molar-refractivity contribution is 4.85. The van der Waals surface area contributed by atoms with Crippen LogP contribution in [0.1, 0.15) is 46.0 Å². The van der Waals surface area contributed by atoms with Gasteiger partial charge in [0.05, 0.1) is 19.3 Å². The maximum atomic E-state index is 6.07. The molecular weight excluding hydrogens is 254 g/mol. The van der Waals surface area contributed by atoms with E-state index in [2.05, 4.69) is 19.2 Å². The molecule has 0 heterocycles. The number of hydrogen-bond donors (Lipinski definition) is 1. The van der Waals surface area contributed by atoms with Gasteiger partial charge in [-0.25, -0.2) is 0 Å². The molecule has 0 aromatic rings. The quantitative estimate of drug-likeness (QED) is 0.593. The average molecular weight is 287 g/mol. The van der Waals surface area contributed by atoms with E-state index in [1.54, 1.807) is 7.11 Å². The maximum absolute atomic E-state index is 6.07. The van der Waals surface area contributed by atoms with Crippen molar-refractivity contribution in [3.63, 3.8) is 0 Å². The second-order valence-corrected chi connectivity index (χ2v) is 5.62. The zero-order chi connectivity index (χ0) is 14.6. The highest BCUT2D eigenvalue weighted by Crippen LogP contribution is 2.28. The van der Waals surface area contributed by atoms with Gasteiger partial charge in [-0.1, -0.05) is 20.3 Å². The molecule has 1 aliphatic carbocycles. The summed E-state index contributed by atoms with van der Waals surface area (Å²) in [6.45, 7) is 8.40. The SMILES string of the molecule is CCNC1CCC(CC)CC1OCCOCCCOC. The lowest BCUT2D eigenvalue weighted by molar-refractivity contribution is -0.0374. The standard InChI is InChI=1S/C16H33NO3/c1-4-14-7-8-15(17-5-2)16(13-14)20-12-11-19-10-6-9-18-3/h14-17H,4-13H2,1-3H3. The van der Waals surface area contributed by atoms with E-state index in [9.17, 15) is 0 Å². The van der Waals surface area contributed by atoms with E-state index in [-0.39, 0.29) is 0 Å². The van der Waals surface area contributed by atoms with Crippen LogP contribution in [-0.4, -0.2) is 52.2 Å². The van der Waals surface area contributed by atoms with Crippen LogP contribution in [0, 0.1) is 5.92 Å². The van der Waals surface area contributed by atoms with Gasteiger partial charge in [-0.3, -0.25) is 0 Å². The van der Waals surface area contributed by atoms with Crippen LogP contribution in [0.5, 0.6) is 0 Å². The van der Waals surface area contributed by atoms with Crippen LogP contribution in [0.2, 0.25) is 0 Å². The summed E-state index contributed by atoms with van der Waals surface area (Å²) in [5.41, 5.74) is 0. The van der Waals surface area contributed by atoms with Gasteiger partial charge < -0.3 is 19.5 Å². The second kappa shape index (κ2) is 11.5. The highest BCUT2D eigenvalue weighted by Gasteiger charge is 2.29. The van der Waals surface area contributed by atoms with E-state index in [0.29, 0.717) is 25.4 Å². The Kier molecular flexibility index (Phi) is 10.3. The lowest BCUT2D eigenvalue weighted by atomic mass is 9.82. The molecule has 0 saturated heterocycles. The molecule has 0 radical (unpaired) electrons. The Balaban J connectivity index is 2.16. The second-order valence-electron chi connectivity index (χ2n) is 5.62.